The van der Waals surface area contributed by atoms with Crippen molar-refractivity contribution in [3.05, 3.63) is 65.7 Å². The fraction of sp³-hybridized carbons (Fsp3) is 0.0667. The number of aromatic nitrogens is 2. The van der Waals surface area contributed by atoms with Crippen LogP contribution < -0.4 is 5.32 Å². The first-order valence-electron chi connectivity index (χ1n) is 5.99. The summed E-state index contributed by atoms with van der Waals surface area (Å²) in [5.41, 5.74) is 2.18. The highest BCUT2D eigenvalue weighted by Gasteiger charge is 1.98. The van der Waals surface area contributed by atoms with Gasteiger partial charge in [0, 0.05) is 36.2 Å². The van der Waals surface area contributed by atoms with Crippen molar-refractivity contribution in [1.82, 2.24) is 9.97 Å². The minimum Gasteiger partial charge on any atom is -0.381 e. The van der Waals surface area contributed by atoms with Crippen LogP contribution >= 0.6 is 11.6 Å². The maximum atomic E-state index is 5.85. The molecule has 3 aromatic rings. The molecular formula is C15H12ClN3. The second-order valence-corrected chi connectivity index (χ2v) is 4.67. The lowest BCUT2D eigenvalue weighted by Gasteiger charge is -2.07. The van der Waals surface area contributed by atoms with Gasteiger partial charge in [0.1, 0.15) is 5.15 Å². The summed E-state index contributed by atoms with van der Waals surface area (Å²) in [6, 6.07) is 12.1. The second kappa shape index (κ2) is 5.24. The Bertz CT molecular complexity index is 712. The standard InChI is InChI=1S/C15H12ClN3/c16-15-8-14(4-6-18-15)19-9-11-1-2-13-10-17-5-3-12(13)7-11/h1-8,10H,9H2,(H,18,19). The van der Waals surface area contributed by atoms with Crippen LogP contribution in [0.3, 0.4) is 0 Å². The van der Waals surface area contributed by atoms with E-state index in [-0.39, 0.29) is 0 Å². The molecule has 0 saturated heterocycles. The third-order valence-electron chi connectivity index (χ3n) is 2.93. The van der Waals surface area contributed by atoms with Gasteiger partial charge in [-0.05, 0) is 35.2 Å². The number of nitrogens with one attached hydrogen (secondary N) is 1. The Morgan fingerprint density at radius 3 is 2.84 bits per heavy atom. The molecule has 0 spiro atoms. The Balaban J connectivity index is 1.78. The van der Waals surface area contributed by atoms with Crippen molar-refractivity contribution in [3.8, 4) is 0 Å². The summed E-state index contributed by atoms with van der Waals surface area (Å²) < 4.78 is 0. The van der Waals surface area contributed by atoms with E-state index in [0.717, 1.165) is 17.6 Å². The largest absolute Gasteiger partial charge is 0.381 e. The first-order chi connectivity index (χ1) is 9.31. The topological polar surface area (TPSA) is 37.8 Å². The van der Waals surface area contributed by atoms with E-state index in [0.29, 0.717) is 5.15 Å². The van der Waals surface area contributed by atoms with Gasteiger partial charge in [0.25, 0.3) is 0 Å². The molecule has 0 fully saturated rings. The summed E-state index contributed by atoms with van der Waals surface area (Å²) in [5.74, 6) is 0. The predicted octanol–water partition coefficient (Wildman–Crippen LogP) is 3.90. The molecular weight excluding hydrogens is 258 g/mol. The summed E-state index contributed by atoms with van der Waals surface area (Å²) in [5, 5.41) is 6.17. The second-order valence-electron chi connectivity index (χ2n) is 4.28. The number of pyridine rings is 2. The zero-order valence-electron chi connectivity index (χ0n) is 10.2. The molecule has 4 heteroatoms. The number of hydrogen-bond donors (Lipinski definition) is 1. The van der Waals surface area contributed by atoms with Crippen LogP contribution in [0.25, 0.3) is 10.8 Å². The van der Waals surface area contributed by atoms with Crippen LogP contribution in [0.15, 0.2) is 55.0 Å². The van der Waals surface area contributed by atoms with Gasteiger partial charge in [0.05, 0.1) is 0 Å². The molecule has 3 rings (SSSR count). The highest BCUT2D eigenvalue weighted by atomic mass is 35.5. The van der Waals surface area contributed by atoms with E-state index in [1.165, 1.54) is 10.9 Å². The van der Waals surface area contributed by atoms with Gasteiger partial charge in [0.15, 0.2) is 0 Å². The normalized spacial score (nSPS) is 10.6. The van der Waals surface area contributed by atoms with Gasteiger partial charge >= 0.3 is 0 Å². The smallest absolute Gasteiger partial charge is 0.131 e. The van der Waals surface area contributed by atoms with Gasteiger partial charge in [-0.3, -0.25) is 4.98 Å². The molecule has 0 amide bonds. The van der Waals surface area contributed by atoms with Gasteiger partial charge < -0.3 is 5.32 Å². The minimum absolute atomic E-state index is 0.495. The monoisotopic (exact) mass is 269 g/mol. The first-order valence-corrected chi connectivity index (χ1v) is 6.37. The van der Waals surface area contributed by atoms with Crippen molar-refractivity contribution < 1.29 is 0 Å². The number of hydrogen-bond acceptors (Lipinski definition) is 3. The third kappa shape index (κ3) is 2.83. The molecule has 0 bridgehead atoms. The van der Waals surface area contributed by atoms with Crippen LogP contribution in [0.4, 0.5) is 5.69 Å². The summed E-state index contributed by atoms with van der Waals surface area (Å²) in [6.07, 6.45) is 5.37. The molecule has 2 aromatic heterocycles. The molecule has 1 aromatic carbocycles. The molecule has 2 heterocycles. The van der Waals surface area contributed by atoms with E-state index in [1.54, 1.807) is 6.20 Å². The van der Waals surface area contributed by atoms with Crippen molar-refractivity contribution in [2.24, 2.45) is 0 Å². The number of benzene rings is 1. The first kappa shape index (κ1) is 11.9. The van der Waals surface area contributed by atoms with Gasteiger partial charge in [0.2, 0.25) is 0 Å². The molecule has 0 radical (unpaired) electrons. The Morgan fingerprint density at radius 2 is 1.95 bits per heavy atom. The van der Waals surface area contributed by atoms with Gasteiger partial charge in [-0.25, -0.2) is 4.98 Å². The SMILES string of the molecule is Clc1cc(NCc2ccc3cnccc3c2)ccn1. The lowest BCUT2D eigenvalue weighted by atomic mass is 10.1. The van der Waals surface area contributed by atoms with Crippen molar-refractivity contribution in [1.29, 1.82) is 0 Å². The molecule has 19 heavy (non-hydrogen) atoms. The molecule has 0 atom stereocenters. The average Bonchev–Trinajstić information content (AvgIpc) is 2.45. The van der Waals surface area contributed by atoms with E-state index in [1.807, 2.05) is 30.6 Å². The number of halogens is 1. The van der Waals surface area contributed by atoms with Crippen LogP contribution in [-0.2, 0) is 6.54 Å². The molecule has 3 nitrogen and oxygen atoms in total. The predicted molar refractivity (Wildman–Crippen MR) is 78.3 cm³/mol. The number of anilines is 1. The maximum absolute atomic E-state index is 5.85. The highest BCUT2D eigenvalue weighted by molar-refractivity contribution is 6.29. The quantitative estimate of drug-likeness (QED) is 0.733. The van der Waals surface area contributed by atoms with E-state index in [2.05, 4.69) is 33.5 Å². The summed E-state index contributed by atoms with van der Waals surface area (Å²) >= 11 is 5.85. The van der Waals surface area contributed by atoms with Gasteiger partial charge in [-0.1, -0.05) is 23.7 Å². The average molecular weight is 270 g/mol. The Hall–Kier alpha value is -2.13. The molecule has 0 aliphatic heterocycles. The third-order valence-corrected chi connectivity index (χ3v) is 3.13. The van der Waals surface area contributed by atoms with Gasteiger partial charge in [-0.15, -0.1) is 0 Å². The molecule has 0 aliphatic rings. The fourth-order valence-electron chi connectivity index (χ4n) is 1.96. The van der Waals surface area contributed by atoms with Crippen molar-refractivity contribution in [3.63, 3.8) is 0 Å². The molecule has 0 aliphatic carbocycles. The van der Waals surface area contributed by atoms with E-state index in [9.17, 15) is 0 Å². The van der Waals surface area contributed by atoms with Crippen LogP contribution in [-0.4, -0.2) is 9.97 Å². The van der Waals surface area contributed by atoms with E-state index >= 15 is 0 Å². The van der Waals surface area contributed by atoms with Crippen molar-refractivity contribution in [2.45, 2.75) is 6.54 Å². The summed E-state index contributed by atoms with van der Waals surface area (Å²) in [4.78, 5) is 8.06. The van der Waals surface area contributed by atoms with E-state index in [4.69, 9.17) is 11.6 Å². The Kier molecular flexibility index (Phi) is 3.29. The molecule has 94 valence electrons. The molecule has 0 unspecified atom stereocenters. The Labute approximate surface area is 116 Å². The van der Waals surface area contributed by atoms with Crippen LogP contribution in [0, 0.1) is 0 Å². The zero-order chi connectivity index (χ0) is 13.1. The van der Waals surface area contributed by atoms with E-state index < -0.39 is 0 Å². The molecule has 0 saturated carbocycles. The Morgan fingerprint density at radius 1 is 1.00 bits per heavy atom. The summed E-state index contributed by atoms with van der Waals surface area (Å²) in [6.45, 7) is 0.749. The minimum atomic E-state index is 0.495. The molecule has 1 N–H and O–H groups in total. The fourth-order valence-corrected chi connectivity index (χ4v) is 2.13. The van der Waals surface area contributed by atoms with Crippen molar-refractivity contribution >= 4 is 28.1 Å². The number of fused-ring (bicyclic) bond motifs is 1. The number of nitrogens with zero attached hydrogens (tertiary/aromatic N) is 2. The highest BCUT2D eigenvalue weighted by Crippen LogP contribution is 2.17. The lowest BCUT2D eigenvalue weighted by molar-refractivity contribution is 1.15. The maximum Gasteiger partial charge on any atom is 0.131 e. The summed E-state index contributed by atoms with van der Waals surface area (Å²) in [7, 11) is 0. The number of rotatable bonds is 3. The van der Waals surface area contributed by atoms with Crippen molar-refractivity contribution in [2.75, 3.05) is 5.32 Å². The lowest BCUT2D eigenvalue weighted by Crippen LogP contribution is -1.99. The van der Waals surface area contributed by atoms with Crippen LogP contribution in [0.5, 0.6) is 0 Å². The van der Waals surface area contributed by atoms with Gasteiger partial charge in [-0.2, -0.15) is 0 Å². The van der Waals surface area contributed by atoms with Crippen LogP contribution in [0.2, 0.25) is 5.15 Å². The zero-order valence-corrected chi connectivity index (χ0v) is 10.9. The van der Waals surface area contributed by atoms with Crippen LogP contribution in [0.1, 0.15) is 5.56 Å².